The first kappa shape index (κ1) is 21.5. The number of aromatic nitrogens is 1. The number of halogens is 1. The zero-order chi connectivity index (χ0) is 21.7. The molecule has 1 aromatic heterocycles. The molecule has 30 heavy (non-hydrogen) atoms. The van der Waals surface area contributed by atoms with E-state index in [1.807, 2.05) is 30.3 Å². The van der Waals surface area contributed by atoms with Gasteiger partial charge in [0.05, 0.1) is 16.8 Å². The summed E-state index contributed by atoms with van der Waals surface area (Å²) in [7, 11) is 0. The van der Waals surface area contributed by atoms with Crippen LogP contribution in [0.1, 0.15) is 27.0 Å². The second-order valence-electron chi connectivity index (χ2n) is 6.98. The lowest BCUT2D eigenvalue weighted by Gasteiger charge is -2.12. The Morgan fingerprint density at radius 3 is 2.33 bits per heavy atom. The summed E-state index contributed by atoms with van der Waals surface area (Å²) < 4.78 is 0. The monoisotopic (exact) mass is 418 g/mol. The molecule has 3 N–H and O–H groups in total. The number of carbonyl (C=O) groups is 1. The Balaban J connectivity index is 0.000000239. The summed E-state index contributed by atoms with van der Waals surface area (Å²) in [5, 5.41) is 10.8. The van der Waals surface area contributed by atoms with E-state index in [0.717, 1.165) is 5.56 Å². The van der Waals surface area contributed by atoms with E-state index in [0.29, 0.717) is 33.7 Å². The quantitative estimate of drug-likeness (QED) is 0.426. The molecule has 0 bridgehead atoms. The lowest BCUT2D eigenvalue weighted by molar-refractivity contribution is 0.0698. The minimum absolute atomic E-state index is 0.288. The van der Waals surface area contributed by atoms with Gasteiger partial charge in [-0.2, -0.15) is 0 Å². The first-order valence-corrected chi connectivity index (χ1v) is 9.92. The molecular formula is C25H23ClN2O2. The number of fused-ring (bicyclic) bond motifs is 1. The van der Waals surface area contributed by atoms with E-state index in [1.54, 1.807) is 25.1 Å². The van der Waals surface area contributed by atoms with Crippen molar-refractivity contribution in [3.63, 3.8) is 0 Å². The summed E-state index contributed by atoms with van der Waals surface area (Å²) in [6.07, 6.45) is 0. The molecule has 5 heteroatoms. The van der Waals surface area contributed by atoms with Crippen molar-refractivity contribution in [2.45, 2.75) is 20.4 Å². The number of rotatable bonds is 3. The van der Waals surface area contributed by atoms with Gasteiger partial charge in [-0.25, -0.2) is 9.78 Å². The number of hydrogen-bond acceptors (Lipinski definition) is 3. The van der Waals surface area contributed by atoms with Gasteiger partial charge < -0.3 is 10.8 Å². The number of hydrogen-bond donors (Lipinski definition) is 2. The second kappa shape index (κ2) is 9.53. The maximum atomic E-state index is 11.6. The molecule has 0 aliphatic heterocycles. The van der Waals surface area contributed by atoms with Gasteiger partial charge >= 0.3 is 5.97 Å². The Hall–Kier alpha value is -3.21. The molecule has 0 aliphatic carbocycles. The number of pyridine rings is 1. The number of benzene rings is 3. The average molecular weight is 419 g/mol. The highest BCUT2D eigenvalue weighted by Crippen LogP contribution is 2.30. The van der Waals surface area contributed by atoms with E-state index in [-0.39, 0.29) is 5.56 Å². The molecule has 4 nitrogen and oxygen atoms in total. The molecule has 0 amide bonds. The van der Waals surface area contributed by atoms with Gasteiger partial charge in [0.25, 0.3) is 0 Å². The summed E-state index contributed by atoms with van der Waals surface area (Å²) in [5.74, 6) is -0.950. The van der Waals surface area contributed by atoms with Crippen LogP contribution in [0.15, 0.2) is 72.8 Å². The van der Waals surface area contributed by atoms with Gasteiger partial charge in [-0.05, 0) is 43.2 Å². The normalized spacial score (nSPS) is 10.4. The molecule has 4 aromatic rings. The minimum atomic E-state index is -0.950. The highest BCUT2D eigenvalue weighted by molar-refractivity contribution is 6.30. The van der Waals surface area contributed by atoms with Gasteiger partial charge in [0.1, 0.15) is 0 Å². The molecule has 0 unspecified atom stereocenters. The van der Waals surface area contributed by atoms with Crippen LogP contribution in [0.2, 0.25) is 5.02 Å². The summed E-state index contributed by atoms with van der Waals surface area (Å²) in [6.45, 7) is 4.49. The van der Waals surface area contributed by atoms with Crippen LogP contribution in [0.3, 0.4) is 0 Å². The Labute approximate surface area is 181 Å². The summed E-state index contributed by atoms with van der Waals surface area (Å²) in [6, 6.07) is 22.8. The van der Waals surface area contributed by atoms with Gasteiger partial charge in [-0.1, -0.05) is 71.8 Å². The molecule has 0 aliphatic rings. The van der Waals surface area contributed by atoms with E-state index in [9.17, 15) is 9.90 Å². The highest BCUT2D eigenvalue weighted by Gasteiger charge is 2.17. The molecule has 152 valence electrons. The van der Waals surface area contributed by atoms with E-state index in [2.05, 4.69) is 36.2 Å². The number of para-hydroxylation sites is 1. The van der Waals surface area contributed by atoms with Crippen LogP contribution >= 0.6 is 11.6 Å². The fraction of sp³-hybridized carbons (Fsp3) is 0.120. The zero-order valence-electron chi connectivity index (χ0n) is 16.9. The minimum Gasteiger partial charge on any atom is -0.478 e. The number of carboxylic acids is 1. The van der Waals surface area contributed by atoms with Crippen LogP contribution in [0, 0.1) is 13.8 Å². The zero-order valence-corrected chi connectivity index (χ0v) is 17.6. The van der Waals surface area contributed by atoms with Crippen molar-refractivity contribution in [2.24, 2.45) is 5.73 Å². The third-order valence-electron chi connectivity index (χ3n) is 4.80. The molecule has 0 spiro atoms. The third kappa shape index (κ3) is 4.85. The van der Waals surface area contributed by atoms with E-state index >= 15 is 0 Å². The van der Waals surface area contributed by atoms with Gasteiger partial charge in [0.15, 0.2) is 0 Å². The van der Waals surface area contributed by atoms with E-state index < -0.39 is 5.97 Å². The van der Waals surface area contributed by atoms with E-state index in [4.69, 9.17) is 17.3 Å². The molecule has 0 saturated carbocycles. The topological polar surface area (TPSA) is 76.2 Å². The van der Waals surface area contributed by atoms with Gasteiger partial charge in [0.2, 0.25) is 0 Å². The number of nitrogens with two attached hydrogens (primary N) is 1. The van der Waals surface area contributed by atoms with Crippen molar-refractivity contribution in [3.8, 4) is 11.3 Å². The Bertz CT molecular complexity index is 1190. The molecule has 0 atom stereocenters. The van der Waals surface area contributed by atoms with Gasteiger partial charge in [-0.15, -0.1) is 0 Å². The molecule has 0 radical (unpaired) electrons. The van der Waals surface area contributed by atoms with Crippen LogP contribution in [-0.4, -0.2) is 16.1 Å². The molecular weight excluding hydrogens is 396 g/mol. The Kier molecular flexibility index (Phi) is 6.83. The number of carboxylic acid groups (broad SMARTS) is 1. The predicted molar refractivity (Wildman–Crippen MR) is 123 cm³/mol. The predicted octanol–water partition coefficient (Wildman–Crippen LogP) is 6.02. The molecule has 0 fully saturated rings. The maximum absolute atomic E-state index is 11.6. The van der Waals surface area contributed by atoms with E-state index in [1.165, 1.54) is 11.1 Å². The van der Waals surface area contributed by atoms with Crippen molar-refractivity contribution in [2.75, 3.05) is 0 Å². The van der Waals surface area contributed by atoms with Crippen LogP contribution in [-0.2, 0) is 6.54 Å². The second-order valence-corrected chi connectivity index (χ2v) is 7.42. The lowest BCUT2D eigenvalue weighted by atomic mass is 9.98. The van der Waals surface area contributed by atoms with Crippen LogP contribution in [0.4, 0.5) is 0 Å². The number of aromatic carboxylic acids is 1. The van der Waals surface area contributed by atoms with Crippen molar-refractivity contribution in [1.29, 1.82) is 0 Å². The third-order valence-corrected chi connectivity index (χ3v) is 5.04. The van der Waals surface area contributed by atoms with Crippen LogP contribution < -0.4 is 5.73 Å². The average Bonchev–Trinajstić information content (AvgIpc) is 2.74. The smallest absolute Gasteiger partial charge is 0.336 e. The van der Waals surface area contributed by atoms with Crippen LogP contribution in [0.25, 0.3) is 22.2 Å². The first-order valence-electron chi connectivity index (χ1n) is 9.55. The number of nitrogens with zero attached hydrogens (tertiary/aromatic N) is 1. The maximum Gasteiger partial charge on any atom is 0.336 e. The fourth-order valence-electron chi connectivity index (χ4n) is 3.22. The van der Waals surface area contributed by atoms with Crippen LogP contribution in [0.5, 0.6) is 0 Å². The standard InChI is InChI=1S/C17H12ClNO2.C8H11N/c1-10-15(17(20)21)13-7-2-3-8-14(13)19-16(10)11-5-4-6-12(18)9-11;1-7-2-4-8(6-9)5-3-7/h2-9H,1H3,(H,20,21);2-5H,6,9H2,1H3. The molecule has 3 aromatic carbocycles. The number of aryl methyl sites for hydroxylation is 1. The molecule has 4 rings (SSSR count). The Morgan fingerprint density at radius 2 is 1.70 bits per heavy atom. The fourth-order valence-corrected chi connectivity index (χ4v) is 3.41. The summed E-state index contributed by atoms with van der Waals surface area (Å²) in [5.41, 5.74) is 10.9. The van der Waals surface area contributed by atoms with Gasteiger partial charge in [-0.3, -0.25) is 0 Å². The SMILES string of the molecule is Cc1c(-c2cccc(Cl)c2)nc2ccccc2c1C(=O)O.Cc1ccc(CN)cc1. The summed E-state index contributed by atoms with van der Waals surface area (Å²) in [4.78, 5) is 16.2. The van der Waals surface area contributed by atoms with Crippen molar-refractivity contribution >= 4 is 28.5 Å². The first-order chi connectivity index (χ1) is 14.4. The Morgan fingerprint density at radius 1 is 1.00 bits per heavy atom. The lowest BCUT2D eigenvalue weighted by Crippen LogP contribution is -2.04. The van der Waals surface area contributed by atoms with Gasteiger partial charge in [0, 0.05) is 22.5 Å². The summed E-state index contributed by atoms with van der Waals surface area (Å²) >= 11 is 6.02. The largest absolute Gasteiger partial charge is 0.478 e. The van der Waals surface area contributed by atoms with Crippen molar-refractivity contribution in [1.82, 2.24) is 4.98 Å². The molecule has 1 heterocycles. The molecule has 0 saturated heterocycles. The highest BCUT2D eigenvalue weighted by atomic mass is 35.5. The van der Waals surface area contributed by atoms with Crippen molar-refractivity contribution < 1.29 is 9.90 Å². The van der Waals surface area contributed by atoms with Crippen molar-refractivity contribution in [3.05, 3.63) is 100 Å².